The topological polar surface area (TPSA) is 45.5 Å². The second-order valence-electron chi connectivity index (χ2n) is 7.33. The number of rotatable bonds is 6. The number of nitrogens with zero attached hydrogens (tertiary/aromatic N) is 1. The first kappa shape index (κ1) is 20.8. The van der Waals surface area contributed by atoms with Gasteiger partial charge in [-0.25, -0.2) is 0 Å². The molecule has 0 bridgehead atoms. The second-order valence-corrected chi connectivity index (χ2v) is 7.33. The molecule has 1 saturated heterocycles. The van der Waals surface area contributed by atoms with Gasteiger partial charge in [0.25, 0.3) is 0 Å². The molecule has 1 aliphatic rings. The van der Waals surface area contributed by atoms with Crippen LogP contribution in [0.15, 0.2) is 34.7 Å². The van der Waals surface area contributed by atoms with Crippen molar-refractivity contribution in [3.8, 4) is 0 Å². The van der Waals surface area contributed by atoms with Crippen molar-refractivity contribution < 1.29 is 9.21 Å². The van der Waals surface area contributed by atoms with Crippen molar-refractivity contribution in [2.75, 3.05) is 19.6 Å². The van der Waals surface area contributed by atoms with Crippen molar-refractivity contribution in [1.82, 2.24) is 10.2 Å². The van der Waals surface area contributed by atoms with Crippen molar-refractivity contribution in [2.45, 2.75) is 46.1 Å². The van der Waals surface area contributed by atoms with Gasteiger partial charge in [-0.15, -0.1) is 12.4 Å². The van der Waals surface area contributed by atoms with E-state index < -0.39 is 0 Å². The van der Waals surface area contributed by atoms with E-state index in [1.165, 1.54) is 12.8 Å². The Kier molecular flexibility index (Phi) is 7.54. The Labute approximate surface area is 162 Å². The van der Waals surface area contributed by atoms with E-state index in [4.69, 9.17) is 4.42 Å². The molecule has 0 saturated carbocycles. The van der Waals surface area contributed by atoms with Crippen molar-refractivity contribution >= 4 is 29.3 Å². The maximum atomic E-state index is 12.9. The number of carbonyl (C=O) groups is 1. The Morgan fingerprint density at radius 1 is 1.35 bits per heavy atom. The summed E-state index contributed by atoms with van der Waals surface area (Å²) in [7, 11) is 0. The van der Waals surface area contributed by atoms with Gasteiger partial charge in [0.2, 0.25) is 5.91 Å². The maximum absolute atomic E-state index is 12.9. The molecule has 5 heteroatoms. The normalized spacial score (nSPS) is 19.6. The predicted molar refractivity (Wildman–Crippen MR) is 109 cm³/mol. The first-order valence-electron chi connectivity index (χ1n) is 9.58. The summed E-state index contributed by atoms with van der Waals surface area (Å²) >= 11 is 0. The first-order chi connectivity index (χ1) is 12.1. The molecular formula is C21H31ClN2O2. The third kappa shape index (κ3) is 4.60. The third-order valence-electron chi connectivity index (χ3n) is 5.62. The number of piperidine rings is 1. The quantitative estimate of drug-likeness (QED) is 0.785. The molecule has 2 aromatic rings. The summed E-state index contributed by atoms with van der Waals surface area (Å²) in [6.07, 6.45) is 3.06. The molecule has 0 aliphatic carbocycles. The fourth-order valence-corrected chi connectivity index (χ4v) is 3.95. The molecule has 2 heterocycles. The van der Waals surface area contributed by atoms with Crippen LogP contribution in [0.25, 0.3) is 11.0 Å². The van der Waals surface area contributed by atoms with Gasteiger partial charge in [0, 0.05) is 18.4 Å². The van der Waals surface area contributed by atoms with Gasteiger partial charge in [-0.05, 0) is 63.7 Å². The molecule has 0 spiro atoms. The fourth-order valence-electron chi connectivity index (χ4n) is 3.95. The van der Waals surface area contributed by atoms with Gasteiger partial charge >= 0.3 is 0 Å². The van der Waals surface area contributed by atoms with Gasteiger partial charge in [-0.1, -0.05) is 25.1 Å². The molecule has 1 aromatic heterocycles. The highest BCUT2D eigenvalue weighted by molar-refractivity contribution is 5.85. The van der Waals surface area contributed by atoms with E-state index >= 15 is 0 Å². The van der Waals surface area contributed by atoms with E-state index in [1.807, 2.05) is 36.1 Å². The molecule has 1 aliphatic heterocycles. The highest BCUT2D eigenvalue weighted by Crippen LogP contribution is 2.29. The molecule has 3 rings (SSSR count). The summed E-state index contributed by atoms with van der Waals surface area (Å²) in [5.41, 5.74) is 0.884. The molecule has 144 valence electrons. The van der Waals surface area contributed by atoms with E-state index in [2.05, 4.69) is 25.2 Å². The zero-order valence-corrected chi connectivity index (χ0v) is 16.8. The number of hydrogen-bond donors (Lipinski definition) is 1. The minimum absolute atomic E-state index is 0. The van der Waals surface area contributed by atoms with Crippen LogP contribution < -0.4 is 5.32 Å². The van der Waals surface area contributed by atoms with E-state index in [9.17, 15) is 4.79 Å². The number of fused-ring (bicyclic) bond motifs is 1. The summed E-state index contributed by atoms with van der Waals surface area (Å²) in [6, 6.07) is 10.0. The summed E-state index contributed by atoms with van der Waals surface area (Å²) < 4.78 is 5.98. The lowest BCUT2D eigenvalue weighted by Crippen LogP contribution is -2.38. The molecule has 1 amide bonds. The van der Waals surface area contributed by atoms with E-state index in [0.29, 0.717) is 24.8 Å². The molecule has 3 unspecified atom stereocenters. The van der Waals surface area contributed by atoms with Crippen molar-refractivity contribution in [1.29, 1.82) is 0 Å². The van der Waals surface area contributed by atoms with Gasteiger partial charge in [0.15, 0.2) is 0 Å². The van der Waals surface area contributed by atoms with Crippen molar-refractivity contribution in [3.63, 3.8) is 0 Å². The van der Waals surface area contributed by atoms with Crippen molar-refractivity contribution in [2.24, 2.45) is 11.8 Å². The van der Waals surface area contributed by atoms with Gasteiger partial charge in [0.05, 0.1) is 6.04 Å². The Hall–Kier alpha value is -1.52. The zero-order chi connectivity index (χ0) is 17.8. The minimum Gasteiger partial charge on any atom is -0.459 e. The maximum Gasteiger partial charge on any atom is 0.223 e. The number of amides is 1. The van der Waals surface area contributed by atoms with E-state index in [-0.39, 0.29) is 24.4 Å². The van der Waals surface area contributed by atoms with Crippen LogP contribution in [-0.2, 0) is 4.79 Å². The summed E-state index contributed by atoms with van der Waals surface area (Å²) in [5, 5.41) is 4.55. The van der Waals surface area contributed by atoms with E-state index in [1.54, 1.807) is 0 Å². The summed E-state index contributed by atoms with van der Waals surface area (Å²) in [6.45, 7) is 9.18. The highest BCUT2D eigenvalue weighted by Gasteiger charge is 2.27. The van der Waals surface area contributed by atoms with Gasteiger partial charge in [0.1, 0.15) is 11.3 Å². The molecule has 1 aromatic carbocycles. The van der Waals surface area contributed by atoms with E-state index in [0.717, 1.165) is 29.8 Å². The molecule has 0 radical (unpaired) electrons. The lowest BCUT2D eigenvalue weighted by molar-refractivity contribution is -0.134. The Morgan fingerprint density at radius 2 is 2.12 bits per heavy atom. The fraction of sp³-hybridized carbons (Fsp3) is 0.571. The van der Waals surface area contributed by atoms with Crippen LogP contribution in [0.1, 0.15) is 51.8 Å². The number of nitrogens with one attached hydrogen (secondary N) is 1. The highest BCUT2D eigenvalue weighted by atomic mass is 35.5. The Morgan fingerprint density at radius 3 is 2.77 bits per heavy atom. The molecular weight excluding hydrogens is 348 g/mol. The number of hydrogen-bond acceptors (Lipinski definition) is 3. The van der Waals surface area contributed by atoms with Gasteiger partial charge < -0.3 is 14.6 Å². The average molecular weight is 379 g/mol. The first-order valence-corrected chi connectivity index (χ1v) is 9.58. The van der Waals surface area contributed by atoms with Gasteiger partial charge in [-0.2, -0.15) is 0 Å². The van der Waals surface area contributed by atoms with Crippen LogP contribution in [0.5, 0.6) is 0 Å². The lowest BCUT2D eigenvalue weighted by atomic mass is 9.85. The largest absolute Gasteiger partial charge is 0.459 e. The van der Waals surface area contributed by atoms with Crippen LogP contribution >= 0.6 is 12.4 Å². The number of para-hydroxylation sites is 1. The third-order valence-corrected chi connectivity index (χ3v) is 5.62. The molecule has 26 heavy (non-hydrogen) atoms. The number of halogens is 1. The van der Waals surface area contributed by atoms with Crippen LogP contribution in [-0.4, -0.2) is 30.4 Å². The number of carbonyl (C=O) groups excluding carboxylic acids is 1. The Bertz CT molecular complexity index is 676. The van der Waals surface area contributed by atoms with Gasteiger partial charge in [-0.3, -0.25) is 4.79 Å². The standard InChI is InChI=1S/C21H30N2O2.ClH/c1-4-23(21(24)12-15(2)18-9-7-11-22-14-18)16(3)20-13-17-8-5-6-10-19(17)25-20;/h5-6,8,10,13,15-16,18,22H,4,7,9,11-12,14H2,1-3H3;1H. The monoisotopic (exact) mass is 378 g/mol. The molecule has 3 atom stereocenters. The lowest BCUT2D eigenvalue weighted by Gasteiger charge is -2.31. The number of furan rings is 1. The second kappa shape index (κ2) is 9.43. The Balaban J connectivity index is 0.00000243. The molecule has 4 nitrogen and oxygen atoms in total. The summed E-state index contributed by atoms with van der Waals surface area (Å²) in [4.78, 5) is 14.9. The van der Waals surface area contributed by atoms with Crippen LogP contribution in [0.2, 0.25) is 0 Å². The van der Waals surface area contributed by atoms with Crippen molar-refractivity contribution in [3.05, 3.63) is 36.1 Å². The SMILES string of the molecule is CCN(C(=O)CC(C)C1CCCNC1)C(C)c1cc2ccccc2o1.Cl. The summed E-state index contributed by atoms with van der Waals surface area (Å²) in [5.74, 6) is 2.12. The zero-order valence-electron chi connectivity index (χ0n) is 16.0. The van der Waals surface area contributed by atoms with Crippen LogP contribution in [0.4, 0.5) is 0 Å². The molecule has 1 N–H and O–H groups in total. The number of benzene rings is 1. The predicted octanol–water partition coefficient (Wildman–Crippen LogP) is 4.79. The average Bonchev–Trinajstić information content (AvgIpc) is 3.07. The van der Waals surface area contributed by atoms with Crippen LogP contribution in [0, 0.1) is 11.8 Å². The minimum atomic E-state index is -0.0402. The molecule has 1 fully saturated rings. The van der Waals surface area contributed by atoms with Crippen LogP contribution in [0.3, 0.4) is 0 Å². The smallest absolute Gasteiger partial charge is 0.223 e.